The fraction of sp³-hybridized carbons (Fsp3) is 0.292. The van der Waals surface area contributed by atoms with Crippen molar-refractivity contribution >= 4 is 10.8 Å². The van der Waals surface area contributed by atoms with Crippen molar-refractivity contribution in [2.24, 2.45) is 0 Å². The summed E-state index contributed by atoms with van der Waals surface area (Å²) in [5.41, 5.74) is 3.62. The number of hydrogen-bond donors (Lipinski definition) is 0. The summed E-state index contributed by atoms with van der Waals surface area (Å²) in [6, 6.07) is 26.0. The minimum Gasteiger partial charge on any atom is -0.299 e. The van der Waals surface area contributed by atoms with Gasteiger partial charge in [-0.1, -0.05) is 66.7 Å². The Hall–Kier alpha value is -2.63. The molecular weight excluding hydrogens is 316 g/mol. The first-order valence-electron chi connectivity index (χ1n) is 9.38. The molecule has 1 aliphatic heterocycles. The predicted molar refractivity (Wildman–Crippen MR) is 107 cm³/mol. The second-order valence-corrected chi connectivity index (χ2v) is 7.42. The average molecular weight is 340 g/mol. The van der Waals surface area contributed by atoms with Gasteiger partial charge in [-0.25, -0.2) is 0 Å². The fourth-order valence-electron chi connectivity index (χ4n) is 4.19. The highest BCUT2D eigenvalue weighted by molar-refractivity contribution is 5.86. The van der Waals surface area contributed by atoms with Gasteiger partial charge in [-0.15, -0.1) is 0 Å². The van der Waals surface area contributed by atoms with Crippen LogP contribution in [-0.4, -0.2) is 18.0 Å². The number of nitrogens with zero attached hydrogens (tertiary/aromatic N) is 2. The molecule has 2 nitrogen and oxygen atoms in total. The lowest BCUT2D eigenvalue weighted by molar-refractivity contribution is 0.179. The van der Waals surface area contributed by atoms with Crippen LogP contribution in [0, 0.1) is 18.3 Å². The summed E-state index contributed by atoms with van der Waals surface area (Å²) in [5.74, 6) is 0. The van der Waals surface area contributed by atoms with Crippen LogP contribution in [0.1, 0.15) is 29.5 Å². The number of piperidine rings is 1. The molecule has 0 radical (unpaired) electrons. The molecule has 0 amide bonds. The largest absolute Gasteiger partial charge is 0.299 e. The van der Waals surface area contributed by atoms with Crippen LogP contribution in [0.25, 0.3) is 10.8 Å². The van der Waals surface area contributed by atoms with E-state index in [-0.39, 0.29) is 5.41 Å². The van der Waals surface area contributed by atoms with Crippen molar-refractivity contribution in [3.63, 3.8) is 0 Å². The molecule has 3 aromatic carbocycles. The van der Waals surface area contributed by atoms with E-state index in [0.717, 1.165) is 32.5 Å². The van der Waals surface area contributed by atoms with E-state index in [2.05, 4.69) is 66.4 Å². The molecule has 0 saturated carbocycles. The molecule has 0 aromatic heterocycles. The van der Waals surface area contributed by atoms with Crippen molar-refractivity contribution in [1.82, 2.24) is 4.90 Å². The first kappa shape index (κ1) is 16.8. The lowest BCUT2D eigenvalue weighted by atomic mass is 9.74. The second kappa shape index (κ2) is 6.94. The van der Waals surface area contributed by atoms with Crippen LogP contribution in [0.5, 0.6) is 0 Å². The van der Waals surface area contributed by atoms with E-state index in [1.807, 2.05) is 18.2 Å². The molecule has 0 N–H and O–H groups in total. The molecular formula is C24H24N2. The molecule has 0 bridgehead atoms. The zero-order valence-electron chi connectivity index (χ0n) is 15.3. The Labute approximate surface area is 155 Å². The summed E-state index contributed by atoms with van der Waals surface area (Å²) >= 11 is 0. The van der Waals surface area contributed by atoms with Crippen molar-refractivity contribution in [2.75, 3.05) is 13.1 Å². The number of fused-ring (bicyclic) bond motifs is 1. The van der Waals surface area contributed by atoms with Gasteiger partial charge in [0.25, 0.3) is 0 Å². The third-order valence-corrected chi connectivity index (χ3v) is 5.91. The van der Waals surface area contributed by atoms with Crippen molar-refractivity contribution in [3.05, 3.63) is 83.4 Å². The van der Waals surface area contributed by atoms with Crippen molar-refractivity contribution in [2.45, 2.75) is 31.7 Å². The normalized spacial score (nSPS) is 17.1. The molecule has 3 aromatic rings. The number of aryl methyl sites for hydroxylation is 1. The van der Waals surface area contributed by atoms with Gasteiger partial charge in [0, 0.05) is 19.6 Å². The Kier molecular flexibility index (Phi) is 4.49. The summed E-state index contributed by atoms with van der Waals surface area (Å²) in [6.07, 6.45) is 1.80. The minimum absolute atomic E-state index is 0.328. The summed E-state index contributed by atoms with van der Waals surface area (Å²) in [6.45, 7) is 5.09. The van der Waals surface area contributed by atoms with Gasteiger partial charge in [0.1, 0.15) is 0 Å². The molecule has 2 heteroatoms. The van der Waals surface area contributed by atoms with Crippen LogP contribution >= 0.6 is 0 Å². The number of likely N-dealkylation sites (tertiary alicyclic amines) is 1. The van der Waals surface area contributed by atoms with Gasteiger partial charge in [0.05, 0.1) is 11.5 Å². The van der Waals surface area contributed by atoms with E-state index in [0.29, 0.717) is 0 Å². The van der Waals surface area contributed by atoms with Crippen LogP contribution in [-0.2, 0) is 12.0 Å². The molecule has 1 saturated heterocycles. The van der Waals surface area contributed by atoms with E-state index in [9.17, 15) is 5.26 Å². The molecule has 0 unspecified atom stereocenters. The molecule has 0 aliphatic carbocycles. The van der Waals surface area contributed by atoms with Crippen LogP contribution in [0.4, 0.5) is 0 Å². The van der Waals surface area contributed by atoms with E-state index in [1.54, 1.807) is 0 Å². The highest BCUT2D eigenvalue weighted by Gasteiger charge is 2.36. The summed E-state index contributed by atoms with van der Waals surface area (Å²) in [4.78, 5) is 2.51. The Balaban J connectivity index is 1.55. The number of rotatable bonds is 3. The number of benzene rings is 3. The lowest BCUT2D eigenvalue weighted by Gasteiger charge is -2.38. The van der Waals surface area contributed by atoms with Crippen molar-refractivity contribution in [3.8, 4) is 6.07 Å². The molecule has 26 heavy (non-hydrogen) atoms. The fourth-order valence-corrected chi connectivity index (χ4v) is 4.19. The quantitative estimate of drug-likeness (QED) is 0.655. The molecule has 1 fully saturated rings. The number of nitriles is 1. The van der Waals surface area contributed by atoms with Crippen LogP contribution in [0.15, 0.2) is 66.7 Å². The minimum atomic E-state index is -0.328. The smallest absolute Gasteiger partial charge is 0.0846 e. The van der Waals surface area contributed by atoms with Gasteiger partial charge in [-0.05, 0) is 47.2 Å². The monoisotopic (exact) mass is 340 g/mol. The van der Waals surface area contributed by atoms with Gasteiger partial charge >= 0.3 is 0 Å². The van der Waals surface area contributed by atoms with Gasteiger partial charge in [0.15, 0.2) is 0 Å². The van der Waals surface area contributed by atoms with Gasteiger partial charge in [0.2, 0.25) is 0 Å². The van der Waals surface area contributed by atoms with Gasteiger partial charge in [-0.2, -0.15) is 5.26 Å². The third kappa shape index (κ3) is 3.00. The number of hydrogen-bond acceptors (Lipinski definition) is 2. The summed E-state index contributed by atoms with van der Waals surface area (Å²) in [5, 5.41) is 12.5. The first-order chi connectivity index (χ1) is 12.7. The molecule has 130 valence electrons. The van der Waals surface area contributed by atoms with Crippen molar-refractivity contribution < 1.29 is 0 Å². The first-order valence-corrected chi connectivity index (χ1v) is 9.38. The SMILES string of the molecule is Cc1ccc2ccccc2c1CN1CCC(C#N)(c2ccccc2)CC1. The molecule has 1 aliphatic rings. The van der Waals surface area contributed by atoms with Crippen LogP contribution in [0.3, 0.4) is 0 Å². The highest BCUT2D eigenvalue weighted by atomic mass is 15.1. The Bertz CT molecular complexity index is 945. The zero-order chi connectivity index (χ0) is 18.0. The average Bonchev–Trinajstić information content (AvgIpc) is 2.71. The molecule has 4 rings (SSSR count). The second-order valence-electron chi connectivity index (χ2n) is 7.42. The predicted octanol–water partition coefficient (Wildman–Crippen LogP) is 5.21. The van der Waals surface area contributed by atoms with E-state index < -0.39 is 0 Å². The highest BCUT2D eigenvalue weighted by Crippen LogP contribution is 2.36. The van der Waals surface area contributed by atoms with E-state index >= 15 is 0 Å². The van der Waals surface area contributed by atoms with Gasteiger partial charge in [-0.3, -0.25) is 4.90 Å². The molecule has 0 spiro atoms. The Morgan fingerprint density at radius 2 is 1.62 bits per heavy atom. The molecule has 1 heterocycles. The van der Waals surface area contributed by atoms with Gasteiger partial charge < -0.3 is 0 Å². The maximum Gasteiger partial charge on any atom is 0.0846 e. The molecule has 0 atom stereocenters. The lowest BCUT2D eigenvalue weighted by Crippen LogP contribution is -2.41. The third-order valence-electron chi connectivity index (χ3n) is 5.91. The Morgan fingerprint density at radius 3 is 2.35 bits per heavy atom. The zero-order valence-corrected chi connectivity index (χ0v) is 15.3. The maximum atomic E-state index is 9.89. The standard InChI is InChI=1S/C24H24N2/c1-19-11-12-20-7-5-6-10-22(20)23(19)17-26-15-13-24(18-25,14-16-26)21-8-3-2-4-9-21/h2-12H,13-17H2,1H3. The summed E-state index contributed by atoms with van der Waals surface area (Å²) in [7, 11) is 0. The Morgan fingerprint density at radius 1 is 0.923 bits per heavy atom. The van der Waals surface area contributed by atoms with Crippen molar-refractivity contribution in [1.29, 1.82) is 5.26 Å². The van der Waals surface area contributed by atoms with Crippen LogP contribution in [0.2, 0.25) is 0 Å². The van der Waals surface area contributed by atoms with E-state index in [1.165, 1.54) is 27.5 Å². The van der Waals surface area contributed by atoms with E-state index in [4.69, 9.17) is 0 Å². The summed E-state index contributed by atoms with van der Waals surface area (Å²) < 4.78 is 0. The van der Waals surface area contributed by atoms with Crippen LogP contribution < -0.4 is 0 Å². The topological polar surface area (TPSA) is 27.0 Å². The maximum absolute atomic E-state index is 9.89.